The number of rotatable bonds is 8. The molecule has 1 N–H and O–H groups in total. The fraction of sp³-hybridized carbons (Fsp3) is 0.350. The maximum atomic E-state index is 13.0. The number of hydrogen-bond acceptors (Lipinski definition) is 4. The van der Waals surface area contributed by atoms with Crippen molar-refractivity contribution in [3.8, 4) is 5.75 Å². The molecule has 0 unspecified atom stereocenters. The fourth-order valence-corrected chi connectivity index (χ4v) is 4.49. The average molecular weight is 408 g/mol. The first-order chi connectivity index (χ1) is 13.2. The van der Waals surface area contributed by atoms with Gasteiger partial charge in [-0.05, 0) is 54.8 Å². The zero-order valence-electron chi connectivity index (χ0n) is 16.5. The number of ether oxygens (including phenoxy) is 1. The Kier molecular flexibility index (Phi) is 7.15. The normalized spacial score (nSPS) is 11.5. The minimum atomic E-state index is -3.84. The maximum absolute atomic E-state index is 13.0. The molecular weight excluding hydrogens is 383 g/mol. The molecule has 2 aromatic carbocycles. The summed E-state index contributed by atoms with van der Waals surface area (Å²) in [5.41, 5.74) is 2.14. The van der Waals surface area contributed by atoms with E-state index < -0.39 is 15.9 Å². The third kappa shape index (κ3) is 5.08. The molecule has 0 fully saturated rings. The fourth-order valence-electron chi connectivity index (χ4n) is 2.92. The van der Waals surface area contributed by atoms with Crippen LogP contribution in [0.3, 0.4) is 0 Å². The number of nitrogens with zero attached hydrogens (tertiary/aromatic N) is 1. The molecule has 0 radical (unpaired) electrons. The topological polar surface area (TPSA) is 75.7 Å². The average Bonchev–Trinajstić information content (AvgIpc) is 2.65. The first kappa shape index (κ1) is 21.8. The van der Waals surface area contributed by atoms with Gasteiger partial charge in [-0.15, -0.1) is 0 Å². The molecule has 2 aromatic rings. The Morgan fingerprint density at radius 2 is 1.71 bits per heavy atom. The largest absolute Gasteiger partial charge is 0.496 e. The van der Waals surface area contributed by atoms with Crippen molar-refractivity contribution in [1.82, 2.24) is 9.62 Å². The van der Waals surface area contributed by atoms with E-state index in [1.54, 1.807) is 45.0 Å². The molecule has 0 spiro atoms. The highest BCUT2D eigenvalue weighted by Crippen LogP contribution is 2.28. The highest BCUT2D eigenvalue weighted by Gasteiger charge is 2.26. The Morgan fingerprint density at radius 1 is 1.14 bits per heavy atom. The van der Waals surface area contributed by atoms with Crippen LogP contribution < -0.4 is 10.1 Å². The van der Waals surface area contributed by atoms with Crippen molar-refractivity contribution in [3.05, 3.63) is 58.9 Å². The summed E-state index contributed by atoms with van der Waals surface area (Å²) in [4.78, 5) is 12.4. The van der Waals surface area contributed by atoms with Crippen molar-refractivity contribution in [3.63, 3.8) is 0 Å². The van der Waals surface area contributed by atoms with Crippen LogP contribution in [0, 0.1) is 19.7 Å². The van der Waals surface area contributed by atoms with Gasteiger partial charge in [-0.2, -0.15) is 4.31 Å². The summed E-state index contributed by atoms with van der Waals surface area (Å²) in [5.74, 6) is -0.154. The van der Waals surface area contributed by atoms with E-state index >= 15 is 0 Å². The van der Waals surface area contributed by atoms with E-state index in [2.05, 4.69) is 5.32 Å². The number of likely N-dealkylation sites (N-methyl/N-ethyl adjacent to an activating group) is 1. The molecule has 0 aliphatic rings. The lowest BCUT2D eigenvalue weighted by Crippen LogP contribution is -2.40. The summed E-state index contributed by atoms with van der Waals surface area (Å²) in [6, 6.07) is 8.82. The van der Waals surface area contributed by atoms with Crippen LogP contribution >= 0.6 is 0 Å². The Bertz CT molecular complexity index is 920. The summed E-state index contributed by atoms with van der Waals surface area (Å²) in [5, 5.41) is 2.66. The Balaban J connectivity index is 2.12. The van der Waals surface area contributed by atoms with Crippen molar-refractivity contribution in [1.29, 1.82) is 0 Å². The number of halogens is 1. The zero-order chi connectivity index (χ0) is 20.9. The summed E-state index contributed by atoms with van der Waals surface area (Å²) in [6.07, 6.45) is 0. The third-order valence-corrected chi connectivity index (χ3v) is 6.25. The number of aryl methyl sites for hydroxylation is 2. The first-order valence-corrected chi connectivity index (χ1v) is 10.3. The number of carbonyl (C=O) groups excluding carboxylic acids is 1. The molecule has 0 aliphatic heterocycles. The number of benzene rings is 2. The van der Waals surface area contributed by atoms with Gasteiger partial charge in [-0.25, -0.2) is 12.8 Å². The van der Waals surface area contributed by atoms with E-state index in [1.807, 2.05) is 0 Å². The number of nitrogens with one attached hydrogen (secondary N) is 1. The molecule has 0 aliphatic carbocycles. The lowest BCUT2D eigenvalue weighted by Gasteiger charge is -2.21. The smallest absolute Gasteiger partial charge is 0.243 e. The molecule has 0 aromatic heterocycles. The predicted octanol–water partition coefficient (Wildman–Crippen LogP) is 2.78. The number of methoxy groups -OCH3 is 1. The molecule has 0 bridgehead atoms. The van der Waals surface area contributed by atoms with Crippen LogP contribution in [0.4, 0.5) is 4.39 Å². The Morgan fingerprint density at radius 3 is 2.21 bits per heavy atom. The highest BCUT2D eigenvalue weighted by atomic mass is 32.2. The Hall–Kier alpha value is -2.45. The van der Waals surface area contributed by atoms with E-state index in [9.17, 15) is 17.6 Å². The number of sulfonamides is 1. The highest BCUT2D eigenvalue weighted by molar-refractivity contribution is 7.89. The van der Waals surface area contributed by atoms with Gasteiger partial charge < -0.3 is 10.1 Å². The van der Waals surface area contributed by atoms with Crippen molar-refractivity contribution >= 4 is 15.9 Å². The molecular formula is C20H25FN2O4S. The number of amides is 1. The third-order valence-electron chi connectivity index (χ3n) is 4.35. The van der Waals surface area contributed by atoms with Gasteiger partial charge in [-0.3, -0.25) is 4.79 Å². The van der Waals surface area contributed by atoms with Gasteiger partial charge in [0.2, 0.25) is 15.9 Å². The zero-order valence-corrected chi connectivity index (χ0v) is 17.3. The molecule has 0 heterocycles. The molecule has 8 heteroatoms. The summed E-state index contributed by atoms with van der Waals surface area (Å²) in [7, 11) is -2.30. The number of hydrogen-bond donors (Lipinski definition) is 1. The van der Waals surface area contributed by atoms with Crippen molar-refractivity contribution in [2.45, 2.75) is 32.2 Å². The van der Waals surface area contributed by atoms with Crippen molar-refractivity contribution < 1.29 is 22.3 Å². The first-order valence-electron chi connectivity index (χ1n) is 8.85. The van der Waals surface area contributed by atoms with Crippen LogP contribution in [0.1, 0.15) is 23.6 Å². The molecule has 0 saturated heterocycles. The Labute approximate surface area is 165 Å². The maximum Gasteiger partial charge on any atom is 0.243 e. The van der Waals surface area contributed by atoms with E-state index in [1.165, 1.54) is 19.2 Å². The predicted molar refractivity (Wildman–Crippen MR) is 105 cm³/mol. The minimum Gasteiger partial charge on any atom is -0.496 e. The SMILES string of the molecule is CCN(CC(=O)NCc1ccc(F)cc1)S(=O)(=O)c1cc(C)c(OC)c(C)c1. The van der Waals surface area contributed by atoms with E-state index in [0.717, 1.165) is 9.87 Å². The molecule has 1 amide bonds. The van der Waals surface area contributed by atoms with Gasteiger partial charge in [0.25, 0.3) is 0 Å². The van der Waals surface area contributed by atoms with E-state index in [-0.39, 0.29) is 30.3 Å². The molecule has 2 rings (SSSR count). The molecule has 0 atom stereocenters. The molecule has 152 valence electrons. The quantitative estimate of drug-likeness (QED) is 0.729. The van der Waals surface area contributed by atoms with E-state index in [0.29, 0.717) is 16.9 Å². The van der Waals surface area contributed by atoms with Gasteiger partial charge in [-0.1, -0.05) is 19.1 Å². The van der Waals surface area contributed by atoms with Crippen molar-refractivity contribution in [2.24, 2.45) is 0 Å². The molecule has 6 nitrogen and oxygen atoms in total. The number of carbonyl (C=O) groups is 1. The van der Waals surface area contributed by atoms with E-state index in [4.69, 9.17) is 4.74 Å². The van der Waals surface area contributed by atoms with Gasteiger partial charge in [0, 0.05) is 13.1 Å². The van der Waals surface area contributed by atoms with Gasteiger partial charge in [0.15, 0.2) is 0 Å². The lowest BCUT2D eigenvalue weighted by molar-refractivity contribution is -0.121. The van der Waals surface area contributed by atoms with Crippen molar-refractivity contribution in [2.75, 3.05) is 20.2 Å². The summed E-state index contributed by atoms with van der Waals surface area (Å²) in [6.45, 7) is 5.26. The van der Waals surface area contributed by atoms with Gasteiger partial charge in [0.05, 0.1) is 18.6 Å². The molecule has 0 saturated carbocycles. The second-order valence-corrected chi connectivity index (χ2v) is 8.36. The van der Waals surface area contributed by atoms with Gasteiger partial charge in [0.1, 0.15) is 11.6 Å². The molecule has 28 heavy (non-hydrogen) atoms. The van der Waals surface area contributed by atoms with Crippen LogP contribution in [-0.4, -0.2) is 38.8 Å². The van der Waals surface area contributed by atoms with Crippen LogP contribution in [0.25, 0.3) is 0 Å². The summed E-state index contributed by atoms with van der Waals surface area (Å²) < 4.78 is 45.3. The lowest BCUT2D eigenvalue weighted by atomic mass is 10.1. The summed E-state index contributed by atoms with van der Waals surface area (Å²) >= 11 is 0. The monoisotopic (exact) mass is 408 g/mol. The van der Waals surface area contributed by atoms with Gasteiger partial charge >= 0.3 is 0 Å². The van der Waals surface area contributed by atoms with Crippen LogP contribution in [-0.2, 0) is 21.4 Å². The second kappa shape index (κ2) is 9.16. The van der Waals surface area contributed by atoms with Crippen LogP contribution in [0.15, 0.2) is 41.3 Å². The van der Waals surface area contributed by atoms with Crippen LogP contribution in [0.2, 0.25) is 0 Å². The minimum absolute atomic E-state index is 0.122. The standard InChI is InChI=1S/C20H25FN2O4S/c1-5-23(13-19(24)22-12-16-6-8-17(21)9-7-16)28(25,26)18-10-14(2)20(27-4)15(3)11-18/h6-11H,5,12-13H2,1-4H3,(H,22,24). The second-order valence-electron chi connectivity index (χ2n) is 6.42. The van der Waals surface area contributed by atoms with Crippen LogP contribution in [0.5, 0.6) is 5.75 Å².